The van der Waals surface area contributed by atoms with Crippen molar-refractivity contribution in [3.05, 3.63) is 18.0 Å². The fourth-order valence-corrected chi connectivity index (χ4v) is 1.71. The van der Waals surface area contributed by atoms with Crippen LogP contribution in [0.25, 0.3) is 0 Å². The van der Waals surface area contributed by atoms with Crippen molar-refractivity contribution < 1.29 is 0 Å². The first-order valence-corrected chi connectivity index (χ1v) is 5.46. The van der Waals surface area contributed by atoms with E-state index < -0.39 is 0 Å². The molecule has 1 saturated carbocycles. The first-order valence-electron chi connectivity index (χ1n) is 5.46. The van der Waals surface area contributed by atoms with Gasteiger partial charge in [0.05, 0.1) is 0 Å². The summed E-state index contributed by atoms with van der Waals surface area (Å²) in [6.07, 6.45) is 6.29. The molecular formula is C11H18N4. The lowest BCUT2D eigenvalue weighted by Crippen LogP contribution is -2.32. The molecule has 1 heterocycles. The molecule has 1 fully saturated rings. The highest BCUT2D eigenvalue weighted by Gasteiger charge is 2.31. The Kier molecular flexibility index (Phi) is 2.86. The lowest BCUT2D eigenvalue weighted by molar-refractivity contribution is 0.597. The van der Waals surface area contributed by atoms with Crippen LogP contribution in [0.4, 0.5) is 5.95 Å². The van der Waals surface area contributed by atoms with Crippen molar-refractivity contribution in [1.29, 1.82) is 0 Å². The molecule has 1 aliphatic rings. The van der Waals surface area contributed by atoms with Crippen molar-refractivity contribution in [3.8, 4) is 0 Å². The molecule has 0 saturated heterocycles. The van der Waals surface area contributed by atoms with Gasteiger partial charge in [-0.1, -0.05) is 0 Å². The van der Waals surface area contributed by atoms with Gasteiger partial charge in [0.15, 0.2) is 0 Å². The number of hydrogen-bond acceptors (Lipinski definition) is 4. The largest absolute Gasteiger partial charge is 0.341 e. The average molecular weight is 206 g/mol. The molecular weight excluding hydrogens is 188 g/mol. The van der Waals surface area contributed by atoms with E-state index in [9.17, 15) is 0 Å². The summed E-state index contributed by atoms with van der Waals surface area (Å²) >= 11 is 0. The van der Waals surface area contributed by atoms with Gasteiger partial charge in [0.2, 0.25) is 5.95 Å². The quantitative estimate of drug-likeness (QED) is 0.803. The van der Waals surface area contributed by atoms with Gasteiger partial charge in [-0.3, -0.25) is 0 Å². The summed E-state index contributed by atoms with van der Waals surface area (Å²) in [7, 11) is 2.06. The topological polar surface area (TPSA) is 55.0 Å². The first kappa shape index (κ1) is 10.4. The van der Waals surface area contributed by atoms with Gasteiger partial charge in [0.1, 0.15) is 0 Å². The van der Waals surface area contributed by atoms with E-state index in [0.29, 0.717) is 12.6 Å². The standard InChI is InChI=1S/C11H18N4/c1-8(10-3-4-10)15(2)11-13-6-9(5-12)7-14-11/h6-8,10H,3-5,12H2,1-2H3. The Morgan fingerprint density at radius 3 is 2.53 bits per heavy atom. The predicted molar refractivity (Wildman–Crippen MR) is 60.5 cm³/mol. The zero-order valence-electron chi connectivity index (χ0n) is 9.35. The number of rotatable bonds is 4. The van der Waals surface area contributed by atoms with E-state index in [-0.39, 0.29) is 0 Å². The monoisotopic (exact) mass is 206 g/mol. The highest BCUT2D eigenvalue weighted by molar-refractivity contribution is 5.30. The van der Waals surface area contributed by atoms with E-state index in [2.05, 4.69) is 28.8 Å². The molecule has 0 spiro atoms. The average Bonchev–Trinajstić information content (AvgIpc) is 3.11. The first-order chi connectivity index (χ1) is 7.22. The van der Waals surface area contributed by atoms with Crippen LogP contribution in [-0.2, 0) is 6.54 Å². The third-order valence-corrected chi connectivity index (χ3v) is 3.16. The Bertz CT molecular complexity index is 318. The van der Waals surface area contributed by atoms with Crippen molar-refractivity contribution in [1.82, 2.24) is 9.97 Å². The van der Waals surface area contributed by atoms with Crippen molar-refractivity contribution in [2.24, 2.45) is 11.7 Å². The zero-order chi connectivity index (χ0) is 10.8. The van der Waals surface area contributed by atoms with Gasteiger partial charge in [0, 0.05) is 37.6 Å². The molecule has 0 radical (unpaired) electrons. The van der Waals surface area contributed by atoms with Gasteiger partial charge in [-0.05, 0) is 25.7 Å². The van der Waals surface area contributed by atoms with Gasteiger partial charge >= 0.3 is 0 Å². The van der Waals surface area contributed by atoms with Crippen LogP contribution in [-0.4, -0.2) is 23.1 Å². The van der Waals surface area contributed by atoms with Gasteiger partial charge in [-0.25, -0.2) is 9.97 Å². The lowest BCUT2D eigenvalue weighted by Gasteiger charge is -2.24. The normalized spacial score (nSPS) is 17.5. The summed E-state index contributed by atoms with van der Waals surface area (Å²) in [5.74, 6) is 1.62. The summed E-state index contributed by atoms with van der Waals surface area (Å²) in [5, 5.41) is 0. The molecule has 4 heteroatoms. The molecule has 82 valence electrons. The molecule has 1 aromatic heterocycles. The van der Waals surface area contributed by atoms with E-state index in [4.69, 9.17) is 5.73 Å². The second kappa shape index (κ2) is 4.14. The van der Waals surface area contributed by atoms with E-state index in [1.807, 2.05) is 0 Å². The predicted octanol–water partition coefficient (Wildman–Crippen LogP) is 1.17. The molecule has 0 aliphatic heterocycles. The summed E-state index contributed by atoms with van der Waals surface area (Å²) in [6, 6.07) is 0.536. The molecule has 2 N–H and O–H groups in total. The minimum atomic E-state index is 0.502. The smallest absolute Gasteiger partial charge is 0.225 e. The Morgan fingerprint density at radius 1 is 1.47 bits per heavy atom. The maximum Gasteiger partial charge on any atom is 0.225 e. The van der Waals surface area contributed by atoms with Crippen LogP contribution in [0, 0.1) is 5.92 Å². The molecule has 1 aromatic rings. The molecule has 15 heavy (non-hydrogen) atoms. The number of aromatic nitrogens is 2. The summed E-state index contributed by atoms with van der Waals surface area (Å²) in [4.78, 5) is 10.8. The number of hydrogen-bond donors (Lipinski definition) is 1. The van der Waals surface area contributed by atoms with E-state index in [0.717, 1.165) is 17.4 Å². The van der Waals surface area contributed by atoms with Crippen LogP contribution >= 0.6 is 0 Å². The fraction of sp³-hybridized carbons (Fsp3) is 0.636. The highest BCUT2D eigenvalue weighted by Crippen LogP contribution is 2.35. The minimum Gasteiger partial charge on any atom is -0.341 e. The summed E-state index contributed by atoms with van der Waals surface area (Å²) in [6.45, 7) is 2.74. The highest BCUT2D eigenvalue weighted by atomic mass is 15.2. The van der Waals surface area contributed by atoms with Crippen molar-refractivity contribution in [3.63, 3.8) is 0 Å². The van der Waals surface area contributed by atoms with Crippen LogP contribution in [0.5, 0.6) is 0 Å². The maximum atomic E-state index is 5.50. The maximum absolute atomic E-state index is 5.50. The molecule has 0 bridgehead atoms. The van der Waals surface area contributed by atoms with Gasteiger partial charge < -0.3 is 10.6 Å². The fourth-order valence-electron chi connectivity index (χ4n) is 1.71. The van der Waals surface area contributed by atoms with Gasteiger partial charge in [-0.15, -0.1) is 0 Å². The van der Waals surface area contributed by atoms with E-state index in [1.54, 1.807) is 12.4 Å². The third-order valence-electron chi connectivity index (χ3n) is 3.16. The second-order valence-corrected chi connectivity index (χ2v) is 4.28. The van der Waals surface area contributed by atoms with Crippen LogP contribution < -0.4 is 10.6 Å². The zero-order valence-corrected chi connectivity index (χ0v) is 9.35. The van der Waals surface area contributed by atoms with E-state index >= 15 is 0 Å². The number of nitrogens with zero attached hydrogens (tertiary/aromatic N) is 3. The van der Waals surface area contributed by atoms with Crippen LogP contribution in [0.3, 0.4) is 0 Å². The minimum absolute atomic E-state index is 0.502. The summed E-state index contributed by atoms with van der Waals surface area (Å²) in [5.41, 5.74) is 6.48. The Labute approximate surface area is 90.5 Å². The van der Waals surface area contributed by atoms with E-state index in [1.165, 1.54) is 12.8 Å². The third kappa shape index (κ3) is 2.26. The Morgan fingerprint density at radius 2 is 2.07 bits per heavy atom. The van der Waals surface area contributed by atoms with Gasteiger partial charge in [0.25, 0.3) is 0 Å². The lowest BCUT2D eigenvalue weighted by atomic mass is 10.2. The van der Waals surface area contributed by atoms with Crippen LogP contribution in [0.1, 0.15) is 25.3 Å². The van der Waals surface area contributed by atoms with Crippen molar-refractivity contribution in [2.45, 2.75) is 32.4 Å². The molecule has 0 amide bonds. The number of nitrogens with two attached hydrogens (primary N) is 1. The Balaban J connectivity index is 2.07. The van der Waals surface area contributed by atoms with Crippen LogP contribution in [0.15, 0.2) is 12.4 Å². The van der Waals surface area contributed by atoms with Gasteiger partial charge in [-0.2, -0.15) is 0 Å². The van der Waals surface area contributed by atoms with Crippen molar-refractivity contribution >= 4 is 5.95 Å². The molecule has 1 aliphatic carbocycles. The number of anilines is 1. The second-order valence-electron chi connectivity index (χ2n) is 4.28. The Hall–Kier alpha value is -1.16. The molecule has 4 nitrogen and oxygen atoms in total. The molecule has 2 rings (SSSR count). The van der Waals surface area contributed by atoms with Crippen LogP contribution in [0.2, 0.25) is 0 Å². The van der Waals surface area contributed by atoms with Crippen molar-refractivity contribution in [2.75, 3.05) is 11.9 Å². The molecule has 1 unspecified atom stereocenters. The SMILES string of the molecule is CC(C1CC1)N(C)c1ncc(CN)cn1. The molecule has 1 atom stereocenters. The molecule has 0 aromatic carbocycles. The summed E-state index contributed by atoms with van der Waals surface area (Å²) < 4.78 is 0.